The number of amides is 1. The van der Waals surface area contributed by atoms with Crippen LogP contribution in [0.1, 0.15) is 39.5 Å². The highest BCUT2D eigenvalue weighted by molar-refractivity contribution is 5.77. The van der Waals surface area contributed by atoms with Gasteiger partial charge in [-0.3, -0.25) is 9.59 Å². The van der Waals surface area contributed by atoms with Crippen LogP contribution in [0.2, 0.25) is 0 Å². The molecule has 0 aliphatic heterocycles. The van der Waals surface area contributed by atoms with Crippen molar-refractivity contribution in [1.29, 1.82) is 0 Å². The Morgan fingerprint density at radius 3 is 2.59 bits per heavy atom. The third-order valence-corrected chi connectivity index (χ3v) is 2.19. The van der Waals surface area contributed by atoms with E-state index in [9.17, 15) is 9.59 Å². The minimum absolute atomic E-state index is 0.0348. The molecule has 0 fully saturated rings. The molecule has 1 atom stereocenters. The first-order valence-corrected chi connectivity index (χ1v) is 6.12. The molecule has 0 spiro atoms. The maximum absolute atomic E-state index is 11.4. The fraction of sp³-hybridized carbons (Fsp3) is 0.833. The van der Waals surface area contributed by atoms with Crippen LogP contribution in [0.5, 0.6) is 0 Å². The van der Waals surface area contributed by atoms with Crippen LogP contribution in [0.25, 0.3) is 0 Å². The van der Waals surface area contributed by atoms with Crippen molar-refractivity contribution in [1.82, 2.24) is 5.32 Å². The lowest BCUT2D eigenvalue weighted by atomic mass is 10.0. The van der Waals surface area contributed by atoms with Gasteiger partial charge >= 0.3 is 5.97 Å². The number of rotatable bonds is 10. The molecule has 0 radical (unpaired) electrons. The number of carbonyl (C=O) groups is 2. The fourth-order valence-corrected chi connectivity index (χ4v) is 1.41. The molecule has 0 saturated heterocycles. The summed E-state index contributed by atoms with van der Waals surface area (Å²) in [6.45, 7) is 5.80. The summed E-state index contributed by atoms with van der Waals surface area (Å²) in [5.41, 5.74) is 0. The van der Waals surface area contributed by atoms with Gasteiger partial charge in [-0.25, -0.2) is 0 Å². The van der Waals surface area contributed by atoms with Crippen molar-refractivity contribution in [3.05, 3.63) is 0 Å². The topological polar surface area (TPSA) is 75.6 Å². The second-order valence-corrected chi connectivity index (χ2v) is 4.22. The summed E-state index contributed by atoms with van der Waals surface area (Å²) in [6.07, 6.45) is 2.09. The number of aliphatic carboxylic acids is 1. The Hall–Kier alpha value is -1.10. The molecule has 0 aromatic carbocycles. The number of carboxylic acids is 1. The second-order valence-electron chi connectivity index (χ2n) is 4.22. The minimum atomic E-state index is -0.863. The molecule has 0 aliphatic carbocycles. The van der Waals surface area contributed by atoms with Crippen molar-refractivity contribution in [2.45, 2.75) is 39.5 Å². The molecule has 0 heterocycles. The van der Waals surface area contributed by atoms with Gasteiger partial charge in [-0.2, -0.15) is 0 Å². The summed E-state index contributed by atoms with van der Waals surface area (Å²) in [5, 5.41) is 11.3. The van der Waals surface area contributed by atoms with Crippen molar-refractivity contribution in [3.8, 4) is 0 Å². The summed E-state index contributed by atoms with van der Waals surface area (Å²) in [5.74, 6) is -1.07. The lowest BCUT2D eigenvalue weighted by Gasteiger charge is -2.09. The van der Waals surface area contributed by atoms with Crippen LogP contribution in [0, 0.1) is 5.92 Å². The van der Waals surface area contributed by atoms with E-state index in [1.165, 1.54) is 0 Å². The third-order valence-electron chi connectivity index (χ3n) is 2.19. The van der Waals surface area contributed by atoms with Gasteiger partial charge in [0.15, 0.2) is 0 Å². The van der Waals surface area contributed by atoms with Gasteiger partial charge in [0.05, 0.1) is 0 Å². The van der Waals surface area contributed by atoms with Gasteiger partial charge < -0.3 is 15.2 Å². The Kier molecular flexibility index (Phi) is 9.43. The highest BCUT2D eigenvalue weighted by atomic mass is 16.5. The lowest BCUT2D eigenvalue weighted by Crippen LogP contribution is -2.27. The van der Waals surface area contributed by atoms with E-state index in [1.54, 1.807) is 6.92 Å². The monoisotopic (exact) mass is 245 g/mol. The number of hydrogen-bond donors (Lipinski definition) is 2. The number of carboxylic acid groups (broad SMARTS) is 1. The summed E-state index contributed by atoms with van der Waals surface area (Å²) in [6, 6.07) is 0. The molecule has 0 rings (SSSR count). The molecular formula is C12H23NO4. The molecule has 0 saturated carbocycles. The van der Waals surface area contributed by atoms with Crippen molar-refractivity contribution in [3.63, 3.8) is 0 Å². The van der Waals surface area contributed by atoms with Gasteiger partial charge in [-0.15, -0.1) is 0 Å². The van der Waals surface area contributed by atoms with Gasteiger partial charge in [0, 0.05) is 32.6 Å². The van der Waals surface area contributed by atoms with E-state index in [0.717, 1.165) is 19.4 Å². The first kappa shape index (κ1) is 15.9. The van der Waals surface area contributed by atoms with Crippen molar-refractivity contribution >= 4 is 11.9 Å². The predicted octanol–water partition coefficient (Wildman–Crippen LogP) is 1.42. The quantitative estimate of drug-likeness (QED) is 0.571. The Bertz CT molecular complexity index is 231. The van der Waals surface area contributed by atoms with E-state index >= 15 is 0 Å². The molecule has 5 heteroatoms. The standard InChI is InChI=1S/C12H23NO4/c1-3-6-17-7-4-5-13-11(14)8-10(2)9-12(15)16/h10H,3-9H2,1-2H3,(H,13,14)(H,15,16). The van der Waals surface area contributed by atoms with Gasteiger partial charge in [0.25, 0.3) is 0 Å². The molecular weight excluding hydrogens is 222 g/mol. The molecule has 0 aromatic heterocycles. The van der Waals surface area contributed by atoms with Crippen LogP contribution in [0.3, 0.4) is 0 Å². The maximum atomic E-state index is 11.4. The van der Waals surface area contributed by atoms with E-state index in [0.29, 0.717) is 13.2 Å². The summed E-state index contributed by atoms with van der Waals surface area (Å²) in [4.78, 5) is 21.8. The summed E-state index contributed by atoms with van der Waals surface area (Å²) < 4.78 is 5.27. The zero-order valence-corrected chi connectivity index (χ0v) is 10.7. The van der Waals surface area contributed by atoms with E-state index in [4.69, 9.17) is 9.84 Å². The van der Waals surface area contributed by atoms with Gasteiger partial charge in [0.2, 0.25) is 5.91 Å². The van der Waals surface area contributed by atoms with Crippen molar-refractivity contribution in [2.75, 3.05) is 19.8 Å². The predicted molar refractivity (Wildman–Crippen MR) is 64.8 cm³/mol. The summed E-state index contributed by atoms with van der Waals surface area (Å²) >= 11 is 0. The fourth-order valence-electron chi connectivity index (χ4n) is 1.41. The number of ether oxygens (including phenoxy) is 1. The van der Waals surface area contributed by atoms with Crippen LogP contribution in [-0.2, 0) is 14.3 Å². The van der Waals surface area contributed by atoms with Gasteiger partial charge in [0.1, 0.15) is 0 Å². The van der Waals surface area contributed by atoms with Crippen LogP contribution in [0.4, 0.5) is 0 Å². The van der Waals surface area contributed by atoms with Crippen LogP contribution in [-0.4, -0.2) is 36.7 Å². The zero-order valence-electron chi connectivity index (χ0n) is 10.7. The molecule has 0 bridgehead atoms. The van der Waals surface area contributed by atoms with E-state index in [-0.39, 0.29) is 24.7 Å². The molecule has 17 heavy (non-hydrogen) atoms. The first-order chi connectivity index (χ1) is 8.06. The Morgan fingerprint density at radius 1 is 1.29 bits per heavy atom. The molecule has 0 aromatic rings. The van der Waals surface area contributed by atoms with Crippen LogP contribution < -0.4 is 5.32 Å². The van der Waals surface area contributed by atoms with E-state index in [2.05, 4.69) is 5.32 Å². The molecule has 100 valence electrons. The third kappa shape index (κ3) is 11.2. The largest absolute Gasteiger partial charge is 0.481 e. The van der Waals surface area contributed by atoms with Crippen LogP contribution >= 0.6 is 0 Å². The molecule has 1 unspecified atom stereocenters. The molecule has 0 aliphatic rings. The average molecular weight is 245 g/mol. The molecule has 5 nitrogen and oxygen atoms in total. The van der Waals surface area contributed by atoms with E-state index in [1.807, 2.05) is 6.92 Å². The zero-order chi connectivity index (χ0) is 13.1. The highest BCUT2D eigenvalue weighted by Crippen LogP contribution is 2.06. The normalized spacial score (nSPS) is 12.1. The maximum Gasteiger partial charge on any atom is 0.303 e. The minimum Gasteiger partial charge on any atom is -0.481 e. The number of hydrogen-bond acceptors (Lipinski definition) is 3. The van der Waals surface area contributed by atoms with Crippen molar-refractivity contribution in [2.24, 2.45) is 5.92 Å². The number of nitrogens with one attached hydrogen (secondary N) is 1. The SMILES string of the molecule is CCCOCCCNC(=O)CC(C)CC(=O)O. The smallest absolute Gasteiger partial charge is 0.303 e. The van der Waals surface area contributed by atoms with Gasteiger partial charge in [-0.1, -0.05) is 13.8 Å². The second kappa shape index (κ2) is 10.1. The van der Waals surface area contributed by atoms with Gasteiger partial charge in [-0.05, 0) is 18.8 Å². The lowest BCUT2D eigenvalue weighted by molar-refractivity contribution is -0.138. The Balaban J connectivity index is 3.43. The summed E-state index contributed by atoms with van der Waals surface area (Å²) in [7, 11) is 0. The van der Waals surface area contributed by atoms with E-state index < -0.39 is 5.97 Å². The number of carbonyl (C=O) groups excluding carboxylic acids is 1. The average Bonchev–Trinajstić information content (AvgIpc) is 2.21. The highest BCUT2D eigenvalue weighted by Gasteiger charge is 2.11. The Labute approximate surface area is 103 Å². The Morgan fingerprint density at radius 2 is 2.00 bits per heavy atom. The van der Waals surface area contributed by atoms with Crippen LogP contribution in [0.15, 0.2) is 0 Å². The molecule has 2 N–H and O–H groups in total. The first-order valence-electron chi connectivity index (χ1n) is 6.12. The van der Waals surface area contributed by atoms with Crippen molar-refractivity contribution < 1.29 is 19.4 Å². The molecule has 1 amide bonds.